The second-order valence-corrected chi connectivity index (χ2v) is 8.09. The lowest BCUT2D eigenvalue weighted by Crippen LogP contribution is -2.50. The molecule has 8 heteroatoms. The first-order chi connectivity index (χ1) is 15.5. The Labute approximate surface area is 187 Å². The number of rotatable bonds is 8. The third kappa shape index (κ3) is 5.19. The molecule has 2 aliphatic rings. The molecule has 0 unspecified atom stereocenters. The van der Waals surface area contributed by atoms with Crippen molar-refractivity contribution in [1.82, 2.24) is 10.6 Å². The van der Waals surface area contributed by atoms with Crippen molar-refractivity contribution < 1.29 is 19.1 Å². The lowest BCUT2D eigenvalue weighted by Gasteiger charge is -2.35. The first-order valence-electron chi connectivity index (χ1n) is 11.0. The van der Waals surface area contributed by atoms with Crippen LogP contribution in [0.3, 0.4) is 0 Å². The number of hydrogen-bond donors (Lipinski definition) is 3. The summed E-state index contributed by atoms with van der Waals surface area (Å²) >= 11 is 0. The van der Waals surface area contributed by atoms with Crippen molar-refractivity contribution in [3.63, 3.8) is 0 Å². The van der Waals surface area contributed by atoms with E-state index in [0.29, 0.717) is 23.5 Å². The Hall–Kier alpha value is -3.55. The molecular formula is C24H28N4O4. The number of hydrogen-bond acceptors (Lipinski definition) is 5. The molecule has 1 heterocycles. The minimum Gasteiger partial charge on any atom is -0.477 e. The predicted octanol–water partition coefficient (Wildman–Crippen LogP) is 2.31. The van der Waals surface area contributed by atoms with Gasteiger partial charge in [-0.05, 0) is 43.5 Å². The average molecular weight is 437 g/mol. The summed E-state index contributed by atoms with van der Waals surface area (Å²) in [4.78, 5) is 39.8. The number of benzene rings is 2. The van der Waals surface area contributed by atoms with E-state index in [1.807, 2.05) is 30.0 Å². The summed E-state index contributed by atoms with van der Waals surface area (Å²) in [6.07, 6.45) is 2.10. The van der Waals surface area contributed by atoms with Crippen molar-refractivity contribution in [2.45, 2.75) is 38.3 Å². The Morgan fingerprint density at radius 3 is 2.59 bits per heavy atom. The molecule has 0 bridgehead atoms. The molecule has 1 aliphatic heterocycles. The maximum absolute atomic E-state index is 12.9. The molecule has 168 valence electrons. The first-order valence-corrected chi connectivity index (χ1v) is 11.0. The van der Waals surface area contributed by atoms with E-state index in [4.69, 9.17) is 4.74 Å². The van der Waals surface area contributed by atoms with Crippen LogP contribution in [0.15, 0.2) is 48.5 Å². The lowest BCUT2D eigenvalue weighted by molar-refractivity contribution is -0.128. The topological polar surface area (TPSA) is 99.8 Å². The van der Waals surface area contributed by atoms with Gasteiger partial charge in [-0.3, -0.25) is 14.4 Å². The van der Waals surface area contributed by atoms with Crippen LogP contribution in [-0.4, -0.2) is 49.5 Å². The van der Waals surface area contributed by atoms with Gasteiger partial charge < -0.3 is 25.6 Å². The number of carbonyl (C=O) groups excluding carboxylic acids is 3. The second-order valence-electron chi connectivity index (χ2n) is 8.09. The van der Waals surface area contributed by atoms with Crippen molar-refractivity contribution >= 4 is 29.1 Å². The van der Waals surface area contributed by atoms with E-state index in [0.717, 1.165) is 24.9 Å². The molecule has 8 nitrogen and oxygen atoms in total. The number of carbonyl (C=O) groups is 3. The number of nitrogens with one attached hydrogen (secondary N) is 3. The summed E-state index contributed by atoms with van der Waals surface area (Å²) in [6.45, 7) is 2.83. The molecule has 1 fully saturated rings. The molecule has 0 aromatic heterocycles. The molecule has 1 atom stereocenters. The Kier molecular flexibility index (Phi) is 6.58. The molecule has 0 spiro atoms. The maximum Gasteiger partial charge on any atom is 0.262 e. The number of ether oxygens (including phenoxy) is 1. The van der Waals surface area contributed by atoms with E-state index in [1.165, 1.54) is 0 Å². The summed E-state index contributed by atoms with van der Waals surface area (Å²) < 4.78 is 5.88. The number of amides is 3. The molecule has 32 heavy (non-hydrogen) atoms. The molecule has 1 aliphatic carbocycles. The van der Waals surface area contributed by atoms with Crippen molar-refractivity contribution in [2.75, 3.05) is 29.9 Å². The summed E-state index contributed by atoms with van der Waals surface area (Å²) in [5, 5.41) is 8.66. The molecule has 0 saturated heterocycles. The summed E-state index contributed by atoms with van der Waals surface area (Å²) in [5.74, 6) is -0.102. The Morgan fingerprint density at radius 2 is 1.81 bits per heavy atom. The highest BCUT2D eigenvalue weighted by Gasteiger charge is 2.31. The van der Waals surface area contributed by atoms with Crippen LogP contribution in [0.25, 0.3) is 0 Å². The van der Waals surface area contributed by atoms with E-state index in [2.05, 4.69) is 16.0 Å². The number of fused-ring (bicyclic) bond motifs is 1. The molecule has 2 aromatic rings. The fourth-order valence-electron chi connectivity index (χ4n) is 3.60. The first kappa shape index (κ1) is 21.7. The van der Waals surface area contributed by atoms with Crippen LogP contribution < -0.4 is 25.6 Å². The average Bonchev–Trinajstić information content (AvgIpc) is 3.61. The van der Waals surface area contributed by atoms with Gasteiger partial charge in [0.25, 0.3) is 11.8 Å². The van der Waals surface area contributed by atoms with E-state index in [-0.39, 0.29) is 36.9 Å². The summed E-state index contributed by atoms with van der Waals surface area (Å²) in [7, 11) is 0. The van der Waals surface area contributed by atoms with Crippen LogP contribution >= 0.6 is 0 Å². The Balaban J connectivity index is 1.46. The molecule has 2 aromatic carbocycles. The number of nitrogens with zero attached hydrogens (tertiary/aromatic N) is 1. The highest BCUT2D eigenvalue weighted by Crippen LogP contribution is 2.33. The van der Waals surface area contributed by atoms with Crippen LogP contribution in [0.5, 0.6) is 5.75 Å². The van der Waals surface area contributed by atoms with E-state index < -0.39 is 6.10 Å². The molecule has 4 rings (SSSR count). The maximum atomic E-state index is 12.9. The monoisotopic (exact) mass is 436 g/mol. The Bertz CT molecular complexity index is 1000. The highest BCUT2D eigenvalue weighted by atomic mass is 16.5. The van der Waals surface area contributed by atoms with Crippen LogP contribution in [0.1, 0.15) is 36.5 Å². The third-order valence-corrected chi connectivity index (χ3v) is 5.40. The van der Waals surface area contributed by atoms with Crippen LogP contribution in [0, 0.1) is 0 Å². The zero-order valence-corrected chi connectivity index (χ0v) is 18.1. The highest BCUT2D eigenvalue weighted by molar-refractivity contribution is 6.04. The van der Waals surface area contributed by atoms with E-state index in [1.54, 1.807) is 30.3 Å². The van der Waals surface area contributed by atoms with Gasteiger partial charge in [0.05, 0.1) is 30.0 Å². The largest absolute Gasteiger partial charge is 0.477 e. The van der Waals surface area contributed by atoms with E-state index in [9.17, 15) is 14.4 Å². The fraction of sp³-hybridized carbons (Fsp3) is 0.375. The molecule has 1 saturated carbocycles. The number of para-hydroxylation sites is 3. The van der Waals surface area contributed by atoms with E-state index >= 15 is 0 Å². The van der Waals surface area contributed by atoms with Gasteiger partial charge in [0, 0.05) is 12.6 Å². The minimum absolute atomic E-state index is 0.0243. The van der Waals surface area contributed by atoms with Crippen molar-refractivity contribution in [1.29, 1.82) is 0 Å². The van der Waals surface area contributed by atoms with Gasteiger partial charge in [-0.15, -0.1) is 0 Å². The number of anilines is 2. The third-order valence-electron chi connectivity index (χ3n) is 5.40. The SMILES string of the molecule is CCCNC(=O)[C@H]1CN(CC(=O)Nc2ccccc2C(=O)NC2CC2)c2ccccc2O1. The molecule has 3 amide bonds. The molecule has 3 N–H and O–H groups in total. The summed E-state index contributed by atoms with van der Waals surface area (Å²) in [5.41, 5.74) is 1.66. The van der Waals surface area contributed by atoms with Crippen LogP contribution in [0.4, 0.5) is 11.4 Å². The van der Waals surface area contributed by atoms with Gasteiger partial charge >= 0.3 is 0 Å². The predicted molar refractivity (Wildman–Crippen MR) is 122 cm³/mol. The van der Waals surface area contributed by atoms with Gasteiger partial charge in [-0.1, -0.05) is 31.2 Å². The van der Waals surface area contributed by atoms with Crippen molar-refractivity contribution in [3.8, 4) is 5.75 Å². The quantitative estimate of drug-likeness (QED) is 0.590. The van der Waals surface area contributed by atoms with Crippen molar-refractivity contribution in [2.24, 2.45) is 0 Å². The zero-order chi connectivity index (χ0) is 22.5. The van der Waals surface area contributed by atoms with Gasteiger partial charge in [0.1, 0.15) is 5.75 Å². The molecular weight excluding hydrogens is 408 g/mol. The van der Waals surface area contributed by atoms with Crippen molar-refractivity contribution in [3.05, 3.63) is 54.1 Å². The fourth-order valence-corrected chi connectivity index (χ4v) is 3.60. The standard InChI is InChI=1S/C24H28N4O4/c1-2-13-25-24(31)21-14-28(19-9-5-6-10-20(19)32-21)15-22(29)27-18-8-4-3-7-17(18)23(30)26-16-11-12-16/h3-10,16,21H,2,11-15H2,1H3,(H,25,31)(H,26,30)(H,27,29)/t21-/m1/s1. The zero-order valence-electron chi connectivity index (χ0n) is 18.1. The van der Waals surface area contributed by atoms with Crippen LogP contribution in [0.2, 0.25) is 0 Å². The van der Waals surface area contributed by atoms with Gasteiger partial charge in [0.2, 0.25) is 5.91 Å². The van der Waals surface area contributed by atoms with Gasteiger partial charge in [-0.25, -0.2) is 0 Å². The Morgan fingerprint density at radius 1 is 1.06 bits per heavy atom. The second kappa shape index (κ2) is 9.72. The normalized spacial score (nSPS) is 17.0. The molecule has 0 radical (unpaired) electrons. The summed E-state index contributed by atoms with van der Waals surface area (Å²) in [6, 6.07) is 14.5. The van der Waals surface area contributed by atoms with Gasteiger partial charge in [0.15, 0.2) is 6.10 Å². The van der Waals surface area contributed by atoms with Gasteiger partial charge in [-0.2, -0.15) is 0 Å². The smallest absolute Gasteiger partial charge is 0.262 e. The minimum atomic E-state index is -0.708. The lowest BCUT2D eigenvalue weighted by atomic mass is 10.1. The van der Waals surface area contributed by atoms with Crippen LogP contribution in [-0.2, 0) is 9.59 Å².